The van der Waals surface area contributed by atoms with Crippen molar-refractivity contribution in [2.75, 3.05) is 44.9 Å². The van der Waals surface area contributed by atoms with Gasteiger partial charge >= 0.3 is 0 Å². The summed E-state index contributed by atoms with van der Waals surface area (Å²) in [6.45, 7) is 7.88. The average Bonchev–Trinajstić information content (AvgIpc) is 3.71. The van der Waals surface area contributed by atoms with Crippen LogP contribution in [-0.2, 0) is 28.4 Å². The van der Waals surface area contributed by atoms with E-state index >= 15 is 0 Å². The van der Waals surface area contributed by atoms with Gasteiger partial charge in [0.2, 0.25) is 6.79 Å². The molecule has 1 aromatic heterocycles. The molecule has 1 amide bonds. The predicted molar refractivity (Wildman–Crippen MR) is 180 cm³/mol. The number of carbonyl (C=O) groups is 1. The number of benzene rings is 2. The Morgan fingerprint density at radius 3 is 2.62 bits per heavy atom. The lowest BCUT2D eigenvalue weighted by atomic mass is 10.0. The highest BCUT2D eigenvalue weighted by molar-refractivity contribution is 7.92. The number of sulfonamides is 1. The van der Waals surface area contributed by atoms with Crippen LogP contribution in [0.15, 0.2) is 53.9 Å². The van der Waals surface area contributed by atoms with E-state index in [9.17, 15) is 18.3 Å². The van der Waals surface area contributed by atoms with Gasteiger partial charge in [0.1, 0.15) is 5.75 Å². The number of ether oxygens (including phenoxy) is 4. The normalized spacial score (nSPS) is 21.4. The van der Waals surface area contributed by atoms with Crippen molar-refractivity contribution in [3.8, 4) is 17.2 Å². The first-order chi connectivity index (χ1) is 22.9. The van der Waals surface area contributed by atoms with Gasteiger partial charge in [-0.2, -0.15) is 8.42 Å². The topological polar surface area (TPSA) is 145 Å². The molecule has 0 bridgehead atoms. The number of hydrogen-bond acceptors (Lipinski definition) is 10. The predicted octanol–water partition coefficient (Wildman–Crippen LogP) is 3.88. The Kier molecular flexibility index (Phi) is 11.5. The van der Waals surface area contributed by atoms with E-state index in [1.807, 2.05) is 39.1 Å². The van der Waals surface area contributed by atoms with E-state index in [4.69, 9.17) is 18.9 Å². The van der Waals surface area contributed by atoms with Gasteiger partial charge in [-0.3, -0.25) is 14.4 Å². The third-order valence-corrected chi connectivity index (χ3v) is 9.91. The highest BCUT2D eigenvalue weighted by atomic mass is 32.2. The molecular weight excluding hydrogens is 638 g/mol. The average molecular weight is 686 g/mol. The molecule has 3 heterocycles. The highest BCUT2D eigenvalue weighted by Crippen LogP contribution is 2.33. The number of aliphatic hydroxyl groups excluding tert-OH is 1. The van der Waals surface area contributed by atoms with Gasteiger partial charge in [0.15, 0.2) is 16.5 Å². The Morgan fingerprint density at radius 1 is 1.10 bits per heavy atom. The van der Waals surface area contributed by atoms with E-state index in [0.717, 1.165) is 36.3 Å². The molecule has 0 fully saturated rings. The fourth-order valence-electron chi connectivity index (χ4n) is 5.91. The SMILES string of the molecule is C[C@@H]1CN([C@H](C)CO)C(=O)c2cc(NS(=O)(=O)c3cn(C)cn3)ccc2O[C@@H](C)CCCCO[C@H]1CN(C)Cc1ccc2c(c1)OCO2. The van der Waals surface area contributed by atoms with E-state index in [-0.39, 0.29) is 53.7 Å². The number of aryl methyl sites for hydroxylation is 1. The number of imidazole rings is 1. The molecule has 262 valence electrons. The molecule has 2 aliphatic rings. The molecule has 0 radical (unpaired) electrons. The smallest absolute Gasteiger partial charge is 0.280 e. The molecule has 0 saturated heterocycles. The molecule has 0 aliphatic carbocycles. The molecule has 2 aliphatic heterocycles. The van der Waals surface area contributed by atoms with Crippen LogP contribution >= 0.6 is 0 Å². The standard InChI is InChI=1S/C34H47N5O8S/c1-23-16-39(24(2)20-40)34(41)28-15-27(36-48(42,43)33-19-38(5)21-35-33)10-12-29(28)47-25(3)8-6-7-13-44-32(23)18-37(4)17-26-9-11-30-31(14-26)46-22-45-30/h9-12,14-15,19,21,23-25,32,36,40H,6-8,13,16-18,20,22H2,1-5H3/t23-,24-,25+,32+/m1/s1. The second kappa shape index (κ2) is 15.6. The van der Waals surface area contributed by atoms with E-state index in [1.165, 1.54) is 23.2 Å². The molecule has 48 heavy (non-hydrogen) atoms. The Labute approximate surface area is 282 Å². The Bertz CT molecular complexity index is 1660. The summed E-state index contributed by atoms with van der Waals surface area (Å²) in [5.74, 6) is 1.34. The molecule has 4 atom stereocenters. The number of nitrogens with one attached hydrogen (secondary N) is 1. The summed E-state index contributed by atoms with van der Waals surface area (Å²) in [4.78, 5) is 22.2. The molecule has 0 unspecified atom stereocenters. The number of fused-ring (bicyclic) bond motifs is 2. The number of aromatic nitrogens is 2. The summed E-state index contributed by atoms with van der Waals surface area (Å²) in [5.41, 5.74) is 1.48. The lowest BCUT2D eigenvalue weighted by molar-refractivity contribution is -0.0177. The number of carbonyl (C=O) groups excluding carboxylic acids is 1. The first-order valence-electron chi connectivity index (χ1n) is 16.4. The van der Waals surface area contributed by atoms with Crippen molar-refractivity contribution in [2.45, 2.75) is 69.9 Å². The Balaban J connectivity index is 1.40. The van der Waals surface area contributed by atoms with Crippen LogP contribution in [0.3, 0.4) is 0 Å². The molecule has 0 saturated carbocycles. The van der Waals surface area contributed by atoms with Gasteiger partial charge in [0.05, 0.1) is 36.7 Å². The summed E-state index contributed by atoms with van der Waals surface area (Å²) >= 11 is 0. The van der Waals surface area contributed by atoms with Crippen molar-refractivity contribution >= 4 is 21.6 Å². The monoisotopic (exact) mass is 685 g/mol. The third-order valence-electron chi connectivity index (χ3n) is 8.64. The van der Waals surface area contributed by atoms with Crippen LogP contribution in [0.2, 0.25) is 0 Å². The van der Waals surface area contributed by atoms with Gasteiger partial charge < -0.3 is 33.5 Å². The fraction of sp³-hybridized carbons (Fsp3) is 0.529. The maximum absolute atomic E-state index is 14.4. The zero-order chi connectivity index (χ0) is 34.4. The van der Waals surface area contributed by atoms with Crippen LogP contribution in [0, 0.1) is 5.92 Å². The molecule has 0 spiro atoms. The summed E-state index contributed by atoms with van der Waals surface area (Å²) < 4.78 is 54.0. The Hall–Kier alpha value is -3.85. The van der Waals surface area contributed by atoms with Crippen LogP contribution in [-0.4, -0.2) is 97.2 Å². The van der Waals surface area contributed by atoms with Gasteiger partial charge in [0, 0.05) is 51.1 Å². The van der Waals surface area contributed by atoms with Crippen LogP contribution in [0.1, 0.15) is 56.0 Å². The lowest BCUT2D eigenvalue weighted by Crippen LogP contribution is -2.47. The molecule has 2 aromatic carbocycles. The molecular formula is C34H47N5O8S. The fourth-order valence-corrected chi connectivity index (χ4v) is 6.94. The minimum absolute atomic E-state index is 0.112. The molecule has 14 heteroatoms. The van der Waals surface area contributed by atoms with Gasteiger partial charge in [-0.05, 0) is 76.1 Å². The minimum Gasteiger partial charge on any atom is -0.490 e. The number of hydrogen-bond donors (Lipinski definition) is 2. The van der Waals surface area contributed by atoms with Crippen LogP contribution < -0.4 is 18.9 Å². The van der Waals surface area contributed by atoms with Gasteiger partial charge in [-0.25, -0.2) is 4.98 Å². The van der Waals surface area contributed by atoms with E-state index in [0.29, 0.717) is 32.0 Å². The van der Waals surface area contributed by atoms with E-state index in [2.05, 4.69) is 14.6 Å². The Morgan fingerprint density at radius 2 is 1.88 bits per heavy atom. The maximum atomic E-state index is 14.4. The first-order valence-corrected chi connectivity index (χ1v) is 17.8. The van der Waals surface area contributed by atoms with Crippen LogP contribution in [0.25, 0.3) is 0 Å². The van der Waals surface area contributed by atoms with Crippen molar-refractivity contribution in [3.05, 3.63) is 60.0 Å². The third kappa shape index (κ3) is 8.78. The minimum atomic E-state index is -4.01. The zero-order valence-corrected chi connectivity index (χ0v) is 29.1. The second-order valence-corrected chi connectivity index (χ2v) is 14.5. The van der Waals surface area contributed by atoms with Crippen molar-refractivity contribution in [1.82, 2.24) is 19.4 Å². The molecule has 13 nitrogen and oxygen atoms in total. The maximum Gasteiger partial charge on any atom is 0.280 e. The number of rotatable bonds is 9. The number of aliphatic hydroxyl groups is 1. The number of anilines is 1. The molecule has 5 rings (SSSR count). The largest absolute Gasteiger partial charge is 0.490 e. The summed E-state index contributed by atoms with van der Waals surface area (Å²) in [5, 5.41) is 10.1. The first kappa shape index (κ1) is 35.5. The number of amides is 1. The number of nitrogens with zero attached hydrogens (tertiary/aromatic N) is 4. The summed E-state index contributed by atoms with van der Waals surface area (Å²) in [6.07, 6.45) is 4.84. The van der Waals surface area contributed by atoms with Crippen molar-refractivity contribution in [1.29, 1.82) is 0 Å². The summed E-state index contributed by atoms with van der Waals surface area (Å²) in [7, 11) is -0.290. The zero-order valence-electron chi connectivity index (χ0n) is 28.3. The second-order valence-electron chi connectivity index (χ2n) is 12.9. The van der Waals surface area contributed by atoms with E-state index < -0.39 is 16.1 Å². The van der Waals surface area contributed by atoms with Crippen molar-refractivity contribution in [3.63, 3.8) is 0 Å². The molecule has 3 aromatic rings. The lowest BCUT2D eigenvalue weighted by Gasteiger charge is -2.36. The van der Waals surface area contributed by atoms with Crippen molar-refractivity contribution < 1.29 is 37.3 Å². The van der Waals surface area contributed by atoms with Gasteiger partial charge in [-0.1, -0.05) is 13.0 Å². The van der Waals surface area contributed by atoms with Crippen molar-refractivity contribution in [2.24, 2.45) is 13.0 Å². The molecule has 2 N–H and O–H groups in total. The van der Waals surface area contributed by atoms with Crippen LogP contribution in [0.5, 0.6) is 17.2 Å². The highest BCUT2D eigenvalue weighted by Gasteiger charge is 2.31. The van der Waals surface area contributed by atoms with E-state index in [1.54, 1.807) is 31.0 Å². The quantitative estimate of drug-likeness (QED) is 0.341. The number of likely N-dealkylation sites (N-methyl/N-ethyl adjacent to an activating group) is 1. The van der Waals surface area contributed by atoms with Gasteiger partial charge in [-0.15, -0.1) is 0 Å². The van der Waals surface area contributed by atoms with Crippen LogP contribution in [0.4, 0.5) is 5.69 Å². The van der Waals surface area contributed by atoms with Gasteiger partial charge in [0.25, 0.3) is 15.9 Å². The summed E-state index contributed by atoms with van der Waals surface area (Å²) in [6, 6.07) is 10.1.